The summed E-state index contributed by atoms with van der Waals surface area (Å²) in [6, 6.07) is 3.69. The molecule has 0 radical (unpaired) electrons. The fraction of sp³-hybridized carbons (Fsp3) is 0.647. The highest BCUT2D eigenvalue weighted by molar-refractivity contribution is 5.22. The molecule has 0 aliphatic carbocycles. The maximum Gasteiger partial charge on any atom is 0.131 e. The minimum Gasteiger partial charge on any atom is -0.387 e. The van der Waals surface area contributed by atoms with Gasteiger partial charge in [0.15, 0.2) is 0 Å². The quantitative estimate of drug-likeness (QED) is 0.875. The highest BCUT2D eigenvalue weighted by Crippen LogP contribution is 2.22. The number of hydrogen-bond acceptors (Lipinski definition) is 3. The monoisotopic (exact) mass is 312 g/mol. The number of nitrogens with zero attached hydrogens (tertiary/aromatic N) is 2. The van der Waals surface area contributed by atoms with E-state index in [2.05, 4.69) is 23.6 Å². The van der Waals surface area contributed by atoms with Crippen LogP contribution in [0, 0.1) is 17.6 Å². The lowest BCUT2D eigenvalue weighted by molar-refractivity contribution is 0.0677. The van der Waals surface area contributed by atoms with Crippen molar-refractivity contribution >= 4 is 0 Å². The van der Waals surface area contributed by atoms with Crippen molar-refractivity contribution in [3.63, 3.8) is 0 Å². The Morgan fingerprint density at radius 2 is 1.59 bits per heavy atom. The zero-order valence-corrected chi connectivity index (χ0v) is 13.4. The summed E-state index contributed by atoms with van der Waals surface area (Å²) in [6.45, 7) is 9.34. The Morgan fingerprint density at radius 1 is 1.05 bits per heavy atom. The molecule has 1 aromatic carbocycles. The molecule has 0 saturated carbocycles. The average Bonchev–Trinajstić information content (AvgIpc) is 2.46. The molecule has 124 valence electrons. The van der Waals surface area contributed by atoms with Crippen molar-refractivity contribution in [2.24, 2.45) is 5.92 Å². The lowest BCUT2D eigenvalue weighted by Crippen LogP contribution is -2.47. The molecule has 1 aliphatic rings. The maximum absolute atomic E-state index is 13.7. The molecule has 0 aromatic heterocycles. The maximum atomic E-state index is 13.7. The van der Waals surface area contributed by atoms with Crippen molar-refractivity contribution in [2.75, 3.05) is 39.3 Å². The number of aliphatic hydroxyl groups is 1. The zero-order chi connectivity index (χ0) is 16.1. The predicted molar refractivity (Wildman–Crippen MR) is 83.7 cm³/mol. The molecule has 1 saturated heterocycles. The summed E-state index contributed by atoms with van der Waals surface area (Å²) < 4.78 is 27.3. The number of β-amino-alcohol motifs (C(OH)–C–C–N with tert-alkyl or cyclic N) is 1. The smallest absolute Gasteiger partial charge is 0.131 e. The zero-order valence-electron chi connectivity index (χ0n) is 13.4. The second-order valence-corrected chi connectivity index (χ2v) is 6.48. The Morgan fingerprint density at radius 3 is 2.14 bits per heavy atom. The Labute approximate surface area is 131 Å². The van der Waals surface area contributed by atoms with Crippen LogP contribution in [0.15, 0.2) is 18.2 Å². The van der Waals surface area contributed by atoms with E-state index in [0.717, 1.165) is 32.7 Å². The number of piperazine rings is 1. The van der Waals surface area contributed by atoms with Crippen LogP contribution in [0.1, 0.15) is 31.9 Å². The van der Waals surface area contributed by atoms with E-state index in [-0.39, 0.29) is 12.1 Å². The van der Waals surface area contributed by atoms with Gasteiger partial charge in [0, 0.05) is 32.7 Å². The first-order valence-electron chi connectivity index (χ1n) is 8.04. The highest BCUT2D eigenvalue weighted by atomic mass is 19.1. The third-order valence-electron chi connectivity index (χ3n) is 4.25. The molecule has 1 N–H and O–H groups in total. The number of benzene rings is 1. The molecule has 2 rings (SSSR count). The summed E-state index contributed by atoms with van der Waals surface area (Å²) in [7, 11) is 0. The van der Waals surface area contributed by atoms with Gasteiger partial charge < -0.3 is 10.0 Å². The van der Waals surface area contributed by atoms with E-state index in [1.165, 1.54) is 24.6 Å². The standard InChI is InChI=1S/C17H26F2N2O/c1-13(2)6-7-20-8-10-21(11-9-20)12-16(22)17-14(18)4-3-5-15(17)19/h3-5,13,16,22H,6-12H2,1-2H3. The van der Waals surface area contributed by atoms with E-state index in [0.29, 0.717) is 5.92 Å². The predicted octanol–water partition coefficient (Wildman–Crippen LogP) is 2.66. The minimum atomic E-state index is -1.12. The van der Waals surface area contributed by atoms with Crippen molar-refractivity contribution in [3.8, 4) is 0 Å². The van der Waals surface area contributed by atoms with Gasteiger partial charge in [0.2, 0.25) is 0 Å². The lowest BCUT2D eigenvalue weighted by atomic mass is 10.1. The molecule has 1 atom stereocenters. The Balaban J connectivity index is 1.83. The molecule has 0 spiro atoms. The van der Waals surface area contributed by atoms with Crippen LogP contribution in [-0.4, -0.2) is 54.2 Å². The number of aliphatic hydroxyl groups excluding tert-OH is 1. The summed E-state index contributed by atoms with van der Waals surface area (Å²) in [5, 5.41) is 10.1. The van der Waals surface area contributed by atoms with Gasteiger partial charge in [-0.15, -0.1) is 0 Å². The Bertz CT molecular complexity index is 453. The molecule has 1 unspecified atom stereocenters. The van der Waals surface area contributed by atoms with E-state index in [1.807, 2.05) is 0 Å². The first-order valence-corrected chi connectivity index (χ1v) is 8.04. The molecule has 1 aromatic rings. The second-order valence-electron chi connectivity index (χ2n) is 6.48. The SMILES string of the molecule is CC(C)CCN1CCN(CC(O)c2c(F)cccc2F)CC1. The van der Waals surface area contributed by atoms with E-state index in [9.17, 15) is 13.9 Å². The largest absolute Gasteiger partial charge is 0.387 e. The number of halogens is 2. The van der Waals surface area contributed by atoms with Crippen LogP contribution < -0.4 is 0 Å². The van der Waals surface area contributed by atoms with Crippen LogP contribution >= 0.6 is 0 Å². The van der Waals surface area contributed by atoms with Crippen LogP contribution in [0.25, 0.3) is 0 Å². The molecule has 0 amide bonds. The van der Waals surface area contributed by atoms with Gasteiger partial charge in [-0.05, 0) is 31.0 Å². The van der Waals surface area contributed by atoms with Gasteiger partial charge in [0.05, 0.1) is 11.7 Å². The van der Waals surface area contributed by atoms with Crippen molar-refractivity contribution < 1.29 is 13.9 Å². The molecule has 3 nitrogen and oxygen atoms in total. The number of hydrogen-bond donors (Lipinski definition) is 1. The molecule has 1 aliphatic heterocycles. The topological polar surface area (TPSA) is 26.7 Å². The van der Waals surface area contributed by atoms with Crippen LogP contribution in [0.3, 0.4) is 0 Å². The van der Waals surface area contributed by atoms with Gasteiger partial charge in [0.25, 0.3) is 0 Å². The summed E-state index contributed by atoms with van der Waals surface area (Å²) in [5.41, 5.74) is -0.218. The normalized spacial score (nSPS) is 18.8. The number of rotatable bonds is 6. The lowest BCUT2D eigenvalue weighted by Gasteiger charge is -2.36. The van der Waals surface area contributed by atoms with Crippen molar-refractivity contribution in [1.82, 2.24) is 9.80 Å². The van der Waals surface area contributed by atoms with Gasteiger partial charge >= 0.3 is 0 Å². The van der Waals surface area contributed by atoms with Crippen LogP contribution in [-0.2, 0) is 0 Å². The van der Waals surface area contributed by atoms with E-state index < -0.39 is 17.7 Å². The van der Waals surface area contributed by atoms with Crippen LogP contribution in [0.4, 0.5) is 8.78 Å². The Kier molecular flexibility index (Phi) is 6.29. The summed E-state index contributed by atoms with van der Waals surface area (Å²) >= 11 is 0. The van der Waals surface area contributed by atoms with Gasteiger partial charge in [-0.3, -0.25) is 4.90 Å². The molecule has 1 heterocycles. The molecular formula is C17H26F2N2O. The van der Waals surface area contributed by atoms with Crippen molar-refractivity contribution in [3.05, 3.63) is 35.4 Å². The molecule has 0 bridgehead atoms. The minimum absolute atomic E-state index is 0.218. The second kappa shape index (κ2) is 7.99. The summed E-state index contributed by atoms with van der Waals surface area (Å²) in [5.74, 6) is -0.657. The van der Waals surface area contributed by atoms with Gasteiger partial charge in [-0.25, -0.2) is 8.78 Å². The highest BCUT2D eigenvalue weighted by Gasteiger charge is 2.23. The first kappa shape index (κ1) is 17.3. The van der Waals surface area contributed by atoms with Crippen molar-refractivity contribution in [2.45, 2.75) is 26.4 Å². The summed E-state index contributed by atoms with van der Waals surface area (Å²) in [4.78, 5) is 4.48. The van der Waals surface area contributed by atoms with Gasteiger partial charge in [-0.1, -0.05) is 19.9 Å². The van der Waals surface area contributed by atoms with Crippen molar-refractivity contribution in [1.29, 1.82) is 0 Å². The third kappa shape index (κ3) is 4.73. The summed E-state index contributed by atoms with van der Waals surface area (Å²) in [6.07, 6.45) is 0.0618. The average molecular weight is 312 g/mol. The van der Waals surface area contributed by atoms with Gasteiger partial charge in [0.1, 0.15) is 11.6 Å². The fourth-order valence-corrected chi connectivity index (χ4v) is 2.80. The molecule has 1 fully saturated rings. The third-order valence-corrected chi connectivity index (χ3v) is 4.25. The van der Waals surface area contributed by atoms with Crippen LogP contribution in [0.2, 0.25) is 0 Å². The van der Waals surface area contributed by atoms with E-state index >= 15 is 0 Å². The van der Waals surface area contributed by atoms with E-state index in [1.54, 1.807) is 0 Å². The fourth-order valence-electron chi connectivity index (χ4n) is 2.80. The molecule has 22 heavy (non-hydrogen) atoms. The van der Waals surface area contributed by atoms with Gasteiger partial charge in [-0.2, -0.15) is 0 Å². The Hall–Kier alpha value is -1.04. The van der Waals surface area contributed by atoms with E-state index in [4.69, 9.17) is 0 Å². The van der Waals surface area contributed by atoms with Crippen LogP contribution in [0.5, 0.6) is 0 Å². The molecule has 5 heteroatoms. The first-order chi connectivity index (χ1) is 10.5. The molecular weight excluding hydrogens is 286 g/mol.